The first-order valence-electron chi connectivity index (χ1n) is 7.76. The van der Waals surface area contributed by atoms with Gasteiger partial charge in [0.05, 0.1) is 10.3 Å². The number of anilines is 1. The SMILES string of the molecule is CN1C(=O)C(C)(CC(F)(F)S(=O)(=O)c2ccccc2)c2cc(Br)ccc21. The lowest BCUT2D eigenvalue weighted by molar-refractivity contribution is -0.124. The zero-order valence-electron chi connectivity index (χ0n) is 14.0. The van der Waals surface area contributed by atoms with Gasteiger partial charge in [-0.05, 0) is 42.8 Å². The Labute approximate surface area is 158 Å². The predicted octanol–water partition coefficient (Wildman–Crippen LogP) is 4.14. The van der Waals surface area contributed by atoms with E-state index >= 15 is 0 Å². The highest BCUT2D eigenvalue weighted by Gasteiger charge is 2.57. The summed E-state index contributed by atoms with van der Waals surface area (Å²) in [5.74, 6) is -0.562. The normalized spacial score (nSPS) is 20.3. The molecule has 26 heavy (non-hydrogen) atoms. The zero-order valence-corrected chi connectivity index (χ0v) is 16.4. The number of amides is 1. The molecule has 1 aliphatic heterocycles. The van der Waals surface area contributed by atoms with Gasteiger partial charge in [-0.3, -0.25) is 4.79 Å². The van der Waals surface area contributed by atoms with E-state index in [0.29, 0.717) is 15.7 Å². The van der Waals surface area contributed by atoms with Crippen molar-refractivity contribution in [1.82, 2.24) is 0 Å². The number of rotatable bonds is 4. The van der Waals surface area contributed by atoms with Crippen molar-refractivity contribution in [2.75, 3.05) is 11.9 Å². The Bertz CT molecular complexity index is 979. The van der Waals surface area contributed by atoms with E-state index < -0.39 is 37.7 Å². The van der Waals surface area contributed by atoms with E-state index in [2.05, 4.69) is 15.9 Å². The zero-order chi connectivity index (χ0) is 19.3. The van der Waals surface area contributed by atoms with Crippen LogP contribution in [0.2, 0.25) is 0 Å². The number of halogens is 3. The van der Waals surface area contributed by atoms with Crippen molar-refractivity contribution in [3.8, 4) is 0 Å². The molecule has 2 aromatic rings. The number of sulfone groups is 1. The Balaban J connectivity index is 2.08. The van der Waals surface area contributed by atoms with Crippen molar-refractivity contribution < 1.29 is 22.0 Å². The van der Waals surface area contributed by atoms with Crippen LogP contribution in [0.3, 0.4) is 0 Å². The maximum absolute atomic E-state index is 14.9. The second-order valence-electron chi connectivity index (χ2n) is 6.49. The van der Waals surface area contributed by atoms with E-state index in [9.17, 15) is 22.0 Å². The minimum absolute atomic E-state index is 0.377. The Morgan fingerprint density at radius 1 is 1.15 bits per heavy atom. The van der Waals surface area contributed by atoms with Gasteiger partial charge in [-0.15, -0.1) is 0 Å². The molecule has 3 rings (SSSR count). The molecule has 138 valence electrons. The molecule has 0 bridgehead atoms. The Morgan fingerprint density at radius 3 is 2.38 bits per heavy atom. The van der Waals surface area contributed by atoms with E-state index in [1.807, 2.05) is 0 Å². The quantitative estimate of drug-likeness (QED) is 0.713. The van der Waals surface area contributed by atoms with Gasteiger partial charge >= 0.3 is 5.25 Å². The largest absolute Gasteiger partial charge is 0.351 e. The molecule has 1 amide bonds. The lowest BCUT2D eigenvalue weighted by Gasteiger charge is -2.28. The van der Waals surface area contributed by atoms with Gasteiger partial charge in [0.2, 0.25) is 15.7 Å². The van der Waals surface area contributed by atoms with Crippen molar-refractivity contribution >= 4 is 37.4 Å². The summed E-state index contributed by atoms with van der Waals surface area (Å²) in [6.45, 7) is 1.36. The van der Waals surface area contributed by atoms with Crippen LogP contribution in [0.1, 0.15) is 18.9 Å². The molecule has 0 spiro atoms. The average Bonchev–Trinajstić information content (AvgIpc) is 2.76. The third-order valence-electron chi connectivity index (χ3n) is 4.70. The van der Waals surface area contributed by atoms with Gasteiger partial charge in [-0.1, -0.05) is 34.1 Å². The highest BCUT2D eigenvalue weighted by molar-refractivity contribution is 9.10. The number of carbonyl (C=O) groups is 1. The van der Waals surface area contributed by atoms with Crippen molar-refractivity contribution in [2.24, 2.45) is 0 Å². The lowest BCUT2D eigenvalue weighted by Crippen LogP contribution is -2.43. The highest BCUT2D eigenvalue weighted by Crippen LogP contribution is 2.49. The molecule has 4 nitrogen and oxygen atoms in total. The number of fused-ring (bicyclic) bond motifs is 1. The van der Waals surface area contributed by atoms with Crippen LogP contribution in [0.15, 0.2) is 57.9 Å². The average molecular weight is 444 g/mol. The van der Waals surface area contributed by atoms with Crippen LogP contribution < -0.4 is 4.90 Å². The summed E-state index contributed by atoms with van der Waals surface area (Å²) >= 11 is 3.28. The molecule has 1 atom stereocenters. The van der Waals surface area contributed by atoms with Gasteiger partial charge < -0.3 is 4.90 Å². The third kappa shape index (κ3) is 2.75. The lowest BCUT2D eigenvalue weighted by atomic mass is 9.80. The molecule has 0 saturated carbocycles. The van der Waals surface area contributed by atoms with Crippen LogP contribution in [-0.4, -0.2) is 26.6 Å². The molecule has 1 unspecified atom stereocenters. The molecule has 2 aromatic carbocycles. The summed E-state index contributed by atoms with van der Waals surface area (Å²) in [5.41, 5.74) is -0.782. The van der Waals surface area contributed by atoms with E-state index in [4.69, 9.17) is 0 Å². The number of carbonyl (C=O) groups excluding carboxylic acids is 1. The first-order chi connectivity index (χ1) is 12.0. The molecule has 0 fully saturated rings. The molecule has 1 heterocycles. The van der Waals surface area contributed by atoms with E-state index in [1.165, 1.54) is 31.0 Å². The fourth-order valence-electron chi connectivity index (χ4n) is 3.29. The first kappa shape index (κ1) is 19.0. The number of hydrogen-bond acceptors (Lipinski definition) is 3. The topological polar surface area (TPSA) is 54.5 Å². The van der Waals surface area contributed by atoms with Crippen LogP contribution in [-0.2, 0) is 20.0 Å². The monoisotopic (exact) mass is 443 g/mol. The number of benzene rings is 2. The predicted molar refractivity (Wildman–Crippen MR) is 98.1 cm³/mol. The van der Waals surface area contributed by atoms with Crippen LogP contribution in [0.5, 0.6) is 0 Å². The Hall–Kier alpha value is -1.80. The van der Waals surface area contributed by atoms with Gasteiger partial charge in [0.25, 0.3) is 0 Å². The smallest absolute Gasteiger partial charge is 0.314 e. The third-order valence-corrected chi connectivity index (χ3v) is 7.01. The summed E-state index contributed by atoms with van der Waals surface area (Å²) < 4.78 is 55.4. The Morgan fingerprint density at radius 2 is 1.77 bits per heavy atom. The maximum Gasteiger partial charge on any atom is 0.351 e. The van der Waals surface area contributed by atoms with Crippen LogP contribution in [0.25, 0.3) is 0 Å². The molecule has 0 aliphatic carbocycles. The van der Waals surface area contributed by atoms with Crippen LogP contribution in [0.4, 0.5) is 14.5 Å². The highest BCUT2D eigenvalue weighted by atomic mass is 79.9. The maximum atomic E-state index is 14.9. The second kappa shape index (κ2) is 6.13. The molecule has 0 aromatic heterocycles. The first-order valence-corrected chi connectivity index (χ1v) is 10.0. The van der Waals surface area contributed by atoms with Crippen LogP contribution in [0, 0.1) is 0 Å². The standard InChI is InChI=1S/C18H16BrF2NO3S/c1-17(14-10-12(19)8-9-15(14)22(2)16(17)23)11-18(20,21)26(24,25)13-6-4-3-5-7-13/h3-10H,11H2,1-2H3. The van der Waals surface area contributed by atoms with Gasteiger partial charge in [0.15, 0.2) is 0 Å². The molecule has 8 heteroatoms. The number of hydrogen-bond donors (Lipinski definition) is 0. The van der Waals surface area contributed by atoms with Crippen molar-refractivity contribution in [2.45, 2.75) is 28.9 Å². The number of likely N-dealkylation sites (N-methyl/N-ethyl adjacent to an activating group) is 1. The molecular formula is C18H16BrF2NO3S. The summed E-state index contributed by atoms with van der Waals surface area (Å²) in [7, 11) is -3.44. The molecule has 1 aliphatic rings. The minimum Gasteiger partial charge on any atom is -0.314 e. The van der Waals surface area contributed by atoms with Crippen LogP contribution >= 0.6 is 15.9 Å². The number of alkyl halides is 2. The summed E-state index contributed by atoms with van der Waals surface area (Å²) in [5, 5.41) is -4.11. The van der Waals surface area contributed by atoms with Gasteiger partial charge in [-0.2, -0.15) is 8.78 Å². The fourth-order valence-corrected chi connectivity index (χ4v) is 4.99. The molecule has 0 saturated heterocycles. The van der Waals surface area contributed by atoms with Crippen molar-refractivity contribution in [3.05, 3.63) is 58.6 Å². The van der Waals surface area contributed by atoms with E-state index in [1.54, 1.807) is 24.3 Å². The minimum atomic E-state index is -4.93. The summed E-state index contributed by atoms with van der Waals surface area (Å²) in [6, 6.07) is 11.5. The summed E-state index contributed by atoms with van der Waals surface area (Å²) in [6.07, 6.45) is -1.14. The van der Waals surface area contributed by atoms with Crippen molar-refractivity contribution in [1.29, 1.82) is 0 Å². The molecule has 0 radical (unpaired) electrons. The van der Waals surface area contributed by atoms with Crippen molar-refractivity contribution in [3.63, 3.8) is 0 Å². The molecule has 0 N–H and O–H groups in total. The molecular weight excluding hydrogens is 428 g/mol. The van der Waals surface area contributed by atoms with Gasteiger partial charge in [0, 0.05) is 23.6 Å². The Kier molecular flexibility index (Phi) is 4.47. The van der Waals surface area contributed by atoms with Gasteiger partial charge in [-0.25, -0.2) is 8.42 Å². The second-order valence-corrected chi connectivity index (χ2v) is 9.48. The number of nitrogens with zero attached hydrogens (tertiary/aromatic N) is 1. The van der Waals surface area contributed by atoms with E-state index in [-0.39, 0.29) is 0 Å². The summed E-state index contributed by atoms with van der Waals surface area (Å²) in [4.78, 5) is 13.5. The van der Waals surface area contributed by atoms with E-state index in [0.717, 1.165) is 12.1 Å². The fraction of sp³-hybridized carbons (Fsp3) is 0.278. The van der Waals surface area contributed by atoms with Gasteiger partial charge in [0.1, 0.15) is 0 Å².